The van der Waals surface area contributed by atoms with Crippen molar-refractivity contribution in [2.24, 2.45) is 10.7 Å². The van der Waals surface area contributed by atoms with Gasteiger partial charge < -0.3 is 11.1 Å². The molecule has 7 heteroatoms. The standard InChI is InChI=1S/C12H24N4O2S/c13-12(15-11-5-2-1-3-6-11)14-7-9-16-8-4-10-19(16,17)18/h11H,1-10H2,(H3,13,14,15). The van der Waals surface area contributed by atoms with Gasteiger partial charge in [0.05, 0.1) is 12.3 Å². The Morgan fingerprint density at radius 1 is 1.26 bits per heavy atom. The van der Waals surface area contributed by atoms with Crippen LogP contribution < -0.4 is 11.1 Å². The van der Waals surface area contributed by atoms with Gasteiger partial charge in [0.25, 0.3) is 0 Å². The Kier molecular flexibility index (Phi) is 5.04. The molecular formula is C12H24N4O2S. The smallest absolute Gasteiger partial charge is 0.214 e. The first kappa shape index (κ1) is 14.6. The zero-order valence-corrected chi connectivity index (χ0v) is 12.2. The molecule has 1 aliphatic carbocycles. The van der Waals surface area contributed by atoms with E-state index < -0.39 is 10.0 Å². The van der Waals surface area contributed by atoms with Crippen molar-refractivity contribution in [1.29, 1.82) is 0 Å². The Bertz CT molecular complexity index is 415. The van der Waals surface area contributed by atoms with Crippen molar-refractivity contribution in [3.8, 4) is 0 Å². The van der Waals surface area contributed by atoms with Gasteiger partial charge in [0, 0.05) is 19.1 Å². The quantitative estimate of drug-likeness (QED) is 0.574. The molecule has 0 bridgehead atoms. The molecular weight excluding hydrogens is 264 g/mol. The molecule has 19 heavy (non-hydrogen) atoms. The highest BCUT2D eigenvalue weighted by Gasteiger charge is 2.27. The molecule has 0 atom stereocenters. The maximum absolute atomic E-state index is 11.6. The second-order valence-corrected chi connectivity index (χ2v) is 7.40. The molecule has 3 N–H and O–H groups in total. The molecule has 0 amide bonds. The van der Waals surface area contributed by atoms with Crippen LogP contribution in [0.4, 0.5) is 0 Å². The largest absolute Gasteiger partial charge is 0.370 e. The van der Waals surface area contributed by atoms with Gasteiger partial charge in [0.15, 0.2) is 5.96 Å². The number of nitrogens with zero attached hydrogens (tertiary/aromatic N) is 2. The third-order valence-corrected chi connectivity index (χ3v) is 5.75. The lowest BCUT2D eigenvalue weighted by Crippen LogP contribution is -2.41. The summed E-state index contributed by atoms with van der Waals surface area (Å²) in [5.74, 6) is 0.718. The topological polar surface area (TPSA) is 87.8 Å². The van der Waals surface area contributed by atoms with Crippen LogP contribution in [-0.2, 0) is 10.0 Å². The molecule has 0 aromatic rings. The highest BCUT2D eigenvalue weighted by Crippen LogP contribution is 2.17. The van der Waals surface area contributed by atoms with Crippen LogP contribution in [0.3, 0.4) is 0 Å². The second-order valence-electron chi connectivity index (χ2n) is 5.31. The lowest BCUT2D eigenvalue weighted by molar-refractivity contribution is 0.411. The van der Waals surface area contributed by atoms with Crippen molar-refractivity contribution < 1.29 is 8.42 Å². The Morgan fingerprint density at radius 2 is 2.00 bits per heavy atom. The molecule has 1 heterocycles. The van der Waals surface area contributed by atoms with Gasteiger partial charge in [0.2, 0.25) is 10.0 Å². The molecule has 6 nitrogen and oxygen atoms in total. The number of nitrogens with two attached hydrogens (primary N) is 1. The number of sulfonamides is 1. The Labute approximate surface area is 115 Å². The molecule has 0 unspecified atom stereocenters. The van der Waals surface area contributed by atoms with Gasteiger partial charge in [-0.2, -0.15) is 0 Å². The highest BCUT2D eigenvalue weighted by atomic mass is 32.2. The molecule has 110 valence electrons. The lowest BCUT2D eigenvalue weighted by atomic mass is 9.96. The Hall–Kier alpha value is -0.820. The minimum atomic E-state index is -3.01. The fourth-order valence-corrected chi connectivity index (χ4v) is 4.25. The fraction of sp³-hybridized carbons (Fsp3) is 0.917. The van der Waals surface area contributed by atoms with Crippen LogP contribution in [0, 0.1) is 0 Å². The third kappa shape index (κ3) is 4.35. The third-order valence-electron chi connectivity index (χ3n) is 3.79. The number of guanidine groups is 1. The monoisotopic (exact) mass is 288 g/mol. The maximum atomic E-state index is 11.6. The van der Waals surface area contributed by atoms with Gasteiger partial charge in [-0.1, -0.05) is 19.3 Å². The summed E-state index contributed by atoms with van der Waals surface area (Å²) in [5.41, 5.74) is 5.83. The lowest BCUT2D eigenvalue weighted by Gasteiger charge is -2.23. The number of hydrogen-bond donors (Lipinski definition) is 2. The van der Waals surface area contributed by atoms with Gasteiger partial charge in [-0.25, -0.2) is 12.7 Å². The SMILES string of the molecule is NC(=NCCN1CCCS1(=O)=O)NC1CCCCC1. The molecule has 1 saturated heterocycles. The molecule has 1 saturated carbocycles. The Morgan fingerprint density at radius 3 is 2.63 bits per heavy atom. The van der Waals surface area contributed by atoms with Crippen LogP contribution in [0.1, 0.15) is 38.5 Å². The number of hydrogen-bond acceptors (Lipinski definition) is 3. The first-order valence-electron chi connectivity index (χ1n) is 7.12. The van der Waals surface area contributed by atoms with Crippen molar-refractivity contribution in [2.75, 3.05) is 25.4 Å². The summed E-state index contributed by atoms with van der Waals surface area (Å²) in [4.78, 5) is 4.22. The van der Waals surface area contributed by atoms with Crippen molar-refractivity contribution in [1.82, 2.24) is 9.62 Å². The molecule has 1 aliphatic heterocycles. The molecule has 0 radical (unpaired) electrons. The summed E-state index contributed by atoms with van der Waals surface area (Å²) < 4.78 is 24.7. The van der Waals surface area contributed by atoms with Crippen molar-refractivity contribution in [3.63, 3.8) is 0 Å². The van der Waals surface area contributed by atoms with Gasteiger partial charge >= 0.3 is 0 Å². The van der Waals surface area contributed by atoms with E-state index in [1.165, 1.54) is 23.6 Å². The van der Waals surface area contributed by atoms with Crippen LogP contribution in [-0.4, -0.2) is 50.1 Å². The normalized spacial score (nSPS) is 25.6. The maximum Gasteiger partial charge on any atom is 0.214 e. The molecule has 2 aliphatic rings. The average molecular weight is 288 g/mol. The predicted octanol–water partition coefficient (Wildman–Crippen LogP) is 0.259. The minimum Gasteiger partial charge on any atom is -0.370 e. The summed E-state index contributed by atoms with van der Waals surface area (Å²) >= 11 is 0. The van der Waals surface area contributed by atoms with E-state index in [9.17, 15) is 8.42 Å². The number of rotatable bonds is 4. The highest BCUT2D eigenvalue weighted by molar-refractivity contribution is 7.89. The van der Waals surface area contributed by atoms with Crippen molar-refractivity contribution in [3.05, 3.63) is 0 Å². The molecule has 0 aromatic heterocycles. The number of aliphatic imine (C=N–C) groups is 1. The van der Waals surface area contributed by atoms with Crippen LogP contribution in [0.2, 0.25) is 0 Å². The summed E-state index contributed by atoms with van der Waals surface area (Å²) in [6, 6.07) is 0.438. The van der Waals surface area contributed by atoms with E-state index in [4.69, 9.17) is 5.73 Å². The zero-order valence-electron chi connectivity index (χ0n) is 11.3. The predicted molar refractivity (Wildman–Crippen MR) is 76.5 cm³/mol. The van der Waals surface area contributed by atoms with Crippen LogP contribution >= 0.6 is 0 Å². The molecule has 2 rings (SSSR count). The van der Waals surface area contributed by atoms with Crippen LogP contribution in [0.5, 0.6) is 0 Å². The average Bonchev–Trinajstić information content (AvgIpc) is 2.70. The molecule has 0 aromatic carbocycles. The van der Waals surface area contributed by atoms with Crippen LogP contribution in [0.25, 0.3) is 0 Å². The Balaban J connectivity index is 1.72. The minimum absolute atomic E-state index is 0.270. The summed E-state index contributed by atoms with van der Waals surface area (Å²) in [6.45, 7) is 1.49. The fourth-order valence-electron chi connectivity index (χ4n) is 2.73. The van der Waals surface area contributed by atoms with E-state index in [0.717, 1.165) is 19.3 Å². The van der Waals surface area contributed by atoms with E-state index in [0.29, 0.717) is 31.6 Å². The zero-order chi connectivity index (χ0) is 13.7. The number of nitrogens with one attached hydrogen (secondary N) is 1. The van der Waals surface area contributed by atoms with Crippen molar-refractivity contribution in [2.45, 2.75) is 44.6 Å². The van der Waals surface area contributed by atoms with E-state index in [2.05, 4.69) is 10.3 Å². The van der Waals surface area contributed by atoms with E-state index >= 15 is 0 Å². The van der Waals surface area contributed by atoms with E-state index in [-0.39, 0.29) is 5.75 Å². The van der Waals surface area contributed by atoms with E-state index in [1.807, 2.05) is 0 Å². The summed E-state index contributed by atoms with van der Waals surface area (Å²) in [5, 5.41) is 3.22. The molecule has 0 spiro atoms. The first-order valence-corrected chi connectivity index (χ1v) is 8.73. The first-order chi connectivity index (χ1) is 9.08. The van der Waals surface area contributed by atoms with E-state index in [1.54, 1.807) is 0 Å². The second kappa shape index (κ2) is 6.56. The van der Waals surface area contributed by atoms with Crippen LogP contribution in [0.15, 0.2) is 4.99 Å². The van der Waals surface area contributed by atoms with Gasteiger partial charge in [-0.15, -0.1) is 0 Å². The molecule has 2 fully saturated rings. The summed E-state index contributed by atoms with van der Waals surface area (Å²) in [6.07, 6.45) is 6.82. The van der Waals surface area contributed by atoms with Gasteiger partial charge in [-0.05, 0) is 19.3 Å². The van der Waals surface area contributed by atoms with Gasteiger partial charge in [0.1, 0.15) is 0 Å². The van der Waals surface area contributed by atoms with Gasteiger partial charge in [-0.3, -0.25) is 4.99 Å². The van der Waals surface area contributed by atoms with Crippen molar-refractivity contribution >= 4 is 16.0 Å². The summed E-state index contributed by atoms with van der Waals surface area (Å²) in [7, 11) is -3.01.